The van der Waals surface area contributed by atoms with E-state index in [0.29, 0.717) is 10.0 Å². The fourth-order valence-corrected chi connectivity index (χ4v) is 2.11. The van der Waals surface area contributed by atoms with Crippen LogP contribution in [0.3, 0.4) is 0 Å². The molecule has 1 nitrogen and oxygen atoms in total. The Bertz CT molecular complexity index is 535. The molecule has 0 fully saturated rings. The molecule has 0 amide bonds. The molecule has 2 aromatic rings. The van der Waals surface area contributed by atoms with E-state index in [1.165, 1.54) is 0 Å². The molecule has 0 saturated carbocycles. The van der Waals surface area contributed by atoms with Crippen LogP contribution in [-0.2, 0) is 0 Å². The second-order valence-corrected chi connectivity index (χ2v) is 4.41. The Morgan fingerprint density at radius 1 is 1.00 bits per heavy atom. The minimum absolute atomic E-state index is 0.0912. The molecule has 0 spiro atoms. The van der Waals surface area contributed by atoms with Crippen molar-refractivity contribution in [1.82, 2.24) is 0 Å². The molecule has 2 rings (SSSR count). The van der Waals surface area contributed by atoms with E-state index in [4.69, 9.17) is 23.2 Å². The molecule has 0 aliphatic rings. The van der Waals surface area contributed by atoms with E-state index >= 15 is 0 Å². The lowest BCUT2D eigenvalue weighted by molar-refractivity contribution is 0.476. The molecule has 0 atom stereocenters. The Morgan fingerprint density at radius 2 is 1.75 bits per heavy atom. The van der Waals surface area contributed by atoms with Crippen molar-refractivity contribution in [2.24, 2.45) is 0 Å². The van der Waals surface area contributed by atoms with Crippen LogP contribution in [0.2, 0.25) is 10.0 Å². The first-order valence-electron chi connectivity index (χ1n) is 4.83. The van der Waals surface area contributed by atoms with Gasteiger partial charge >= 0.3 is 0 Å². The first kappa shape index (κ1) is 11.3. The summed E-state index contributed by atoms with van der Waals surface area (Å²) in [6.07, 6.45) is 0. The number of aromatic hydroxyl groups is 1. The summed E-state index contributed by atoms with van der Waals surface area (Å²) in [5, 5.41) is 10.6. The van der Waals surface area contributed by atoms with Gasteiger partial charge in [0.1, 0.15) is 5.75 Å². The molecule has 0 saturated heterocycles. The third-order valence-corrected chi connectivity index (χ3v) is 3.09. The number of aryl methyl sites for hydroxylation is 1. The Kier molecular flexibility index (Phi) is 3.08. The van der Waals surface area contributed by atoms with E-state index in [1.807, 2.05) is 31.2 Å². The molecule has 16 heavy (non-hydrogen) atoms. The zero-order valence-corrected chi connectivity index (χ0v) is 10.2. The van der Waals surface area contributed by atoms with Crippen LogP contribution in [0.1, 0.15) is 5.56 Å². The summed E-state index contributed by atoms with van der Waals surface area (Å²) < 4.78 is 0. The van der Waals surface area contributed by atoms with Gasteiger partial charge in [-0.25, -0.2) is 0 Å². The Hall–Kier alpha value is -1.18. The number of rotatable bonds is 1. The monoisotopic (exact) mass is 252 g/mol. The topological polar surface area (TPSA) is 20.2 Å². The first-order chi connectivity index (χ1) is 7.59. The van der Waals surface area contributed by atoms with Crippen LogP contribution in [0, 0.1) is 6.92 Å². The lowest BCUT2D eigenvalue weighted by atomic mass is 10.0. The lowest BCUT2D eigenvalue weighted by Gasteiger charge is -2.09. The van der Waals surface area contributed by atoms with Gasteiger partial charge in [-0.15, -0.1) is 0 Å². The number of hydrogen-bond acceptors (Lipinski definition) is 1. The van der Waals surface area contributed by atoms with Crippen molar-refractivity contribution in [3.05, 3.63) is 52.0 Å². The second kappa shape index (κ2) is 4.36. The molecule has 0 aliphatic carbocycles. The van der Waals surface area contributed by atoms with E-state index in [1.54, 1.807) is 12.1 Å². The molecule has 82 valence electrons. The normalized spacial score (nSPS) is 10.4. The highest BCUT2D eigenvalue weighted by molar-refractivity contribution is 6.35. The molecule has 0 heterocycles. The molecule has 0 bridgehead atoms. The van der Waals surface area contributed by atoms with Crippen molar-refractivity contribution in [1.29, 1.82) is 0 Å². The first-order valence-corrected chi connectivity index (χ1v) is 5.59. The van der Waals surface area contributed by atoms with E-state index in [2.05, 4.69) is 0 Å². The zero-order chi connectivity index (χ0) is 11.7. The van der Waals surface area contributed by atoms with Crippen LogP contribution in [0.4, 0.5) is 0 Å². The van der Waals surface area contributed by atoms with Gasteiger partial charge in [0.2, 0.25) is 0 Å². The van der Waals surface area contributed by atoms with Gasteiger partial charge in [0.05, 0.1) is 5.02 Å². The van der Waals surface area contributed by atoms with Gasteiger partial charge in [0.25, 0.3) is 0 Å². The Balaban J connectivity index is 2.63. The predicted molar refractivity (Wildman–Crippen MR) is 68.3 cm³/mol. The Labute approximate surface area is 104 Å². The highest BCUT2D eigenvalue weighted by Gasteiger charge is 2.09. The minimum Gasteiger partial charge on any atom is -0.506 e. The third kappa shape index (κ3) is 2.01. The van der Waals surface area contributed by atoms with Gasteiger partial charge in [-0.05, 0) is 36.2 Å². The maximum Gasteiger partial charge on any atom is 0.134 e. The number of phenolic OH excluding ortho intramolecular Hbond substituents is 1. The van der Waals surface area contributed by atoms with Crippen molar-refractivity contribution in [2.75, 3.05) is 0 Å². The smallest absolute Gasteiger partial charge is 0.134 e. The number of hydrogen-bond donors (Lipinski definition) is 1. The number of halogens is 2. The van der Waals surface area contributed by atoms with Crippen molar-refractivity contribution in [3.63, 3.8) is 0 Å². The standard InChI is InChI=1S/C13H10Cl2O/c1-8-7-9(14)5-6-10(8)11-3-2-4-12(16)13(11)15/h2-7,16H,1H3. The van der Waals surface area contributed by atoms with Gasteiger partial charge in [-0.2, -0.15) is 0 Å². The largest absolute Gasteiger partial charge is 0.506 e. The van der Waals surface area contributed by atoms with Gasteiger partial charge in [-0.3, -0.25) is 0 Å². The van der Waals surface area contributed by atoms with E-state index in [9.17, 15) is 5.11 Å². The van der Waals surface area contributed by atoms with Gasteiger partial charge < -0.3 is 5.11 Å². The van der Waals surface area contributed by atoms with Crippen molar-refractivity contribution in [2.45, 2.75) is 6.92 Å². The van der Waals surface area contributed by atoms with Crippen LogP contribution in [0.25, 0.3) is 11.1 Å². The average molecular weight is 253 g/mol. The molecule has 0 aliphatic heterocycles. The molecule has 1 N–H and O–H groups in total. The van der Waals surface area contributed by atoms with Crippen LogP contribution in [0.15, 0.2) is 36.4 Å². The quantitative estimate of drug-likeness (QED) is 0.782. The highest BCUT2D eigenvalue weighted by Crippen LogP contribution is 2.36. The molecular formula is C13H10Cl2O. The van der Waals surface area contributed by atoms with Crippen LogP contribution < -0.4 is 0 Å². The SMILES string of the molecule is Cc1cc(Cl)ccc1-c1cccc(O)c1Cl. The van der Waals surface area contributed by atoms with E-state index < -0.39 is 0 Å². The summed E-state index contributed by atoms with van der Waals surface area (Å²) in [4.78, 5) is 0. The Morgan fingerprint density at radius 3 is 2.44 bits per heavy atom. The highest BCUT2D eigenvalue weighted by atomic mass is 35.5. The maximum atomic E-state index is 9.55. The minimum atomic E-state index is 0.0912. The van der Waals surface area contributed by atoms with Crippen molar-refractivity contribution < 1.29 is 5.11 Å². The van der Waals surface area contributed by atoms with E-state index in [0.717, 1.165) is 16.7 Å². The summed E-state index contributed by atoms with van der Waals surface area (Å²) in [5.74, 6) is 0.0912. The fourth-order valence-electron chi connectivity index (χ4n) is 1.66. The lowest BCUT2D eigenvalue weighted by Crippen LogP contribution is -1.84. The van der Waals surface area contributed by atoms with Gasteiger partial charge in [-0.1, -0.05) is 41.4 Å². The van der Waals surface area contributed by atoms with Crippen LogP contribution >= 0.6 is 23.2 Å². The summed E-state index contributed by atoms with van der Waals surface area (Å²) in [7, 11) is 0. The average Bonchev–Trinajstić information content (AvgIpc) is 2.23. The summed E-state index contributed by atoms with van der Waals surface area (Å²) in [6.45, 7) is 1.96. The molecule has 0 aromatic heterocycles. The maximum absolute atomic E-state index is 9.55. The van der Waals surface area contributed by atoms with Crippen LogP contribution in [0.5, 0.6) is 5.75 Å². The summed E-state index contributed by atoms with van der Waals surface area (Å²) >= 11 is 11.9. The van der Waals surface area contributed by atoms with Gasteiger partial charge in [0.15, 0.2) is 0 Å². The molecule has 2 aromatic carbocycles. The van der Waals surface area contributed by atoms with E-state index in [-0.39, 0.29) is 5.75 Å². The summed E-state index contributed by atoms with van der Waals surface area (Å²) in [6, 6.07) is 10.8. The molecule has 0 unspecified atom stereocenters. The number of benzene rings is 2. The zero-order valence-electron chi connectivity index (χ0n) is 8.67. The van der Waals surface area contributed by atoms with Gasteiger partial charge in [0, 0.05) is 10.6 Å². The number of phenols is 1. The molecule has 3 heteroatoms. The fraction of sp³-hybridized carbons (Fsp3) is 0.0769. The van der Waals surface area contributed by atoms with Crippen LogP contribution in [-0.4, -0.2) is 5.11 Å². The summed E-state index contributed by atoms with van der Waals surface area (Å²) in [5.41, 5.74) is 2.82. The molecule has 0 radical (unpaired) electrons. The second-order valence-electron chi connectivity index (χ2n) is 3.60. The predicted octanol–water partition coefficient (Wildman–Crippen LogP) is 4.67. The third-order valence-electron chi connectivity index (χ3n) is 2.46. The van der Waals surface area contributed by atoms with Crippen molar-refractivity contribution in [3.8, 4) is 16.9 Å². The van der Waals surface area contributed by atoms with Crippen molar-refractivity contribution >= 4 is 23.2 Å². The molecular weight excluding hydrogens is 243 g/mol.